The number of carboxylic acids is 1. The zero-order valence-corrected chi connectivity index (χ0v) is 26.9. The van der Waals surface area contributed by atoms with Crippen LogP contribution in [0.2, 0.25) is 10.0 Å². The standard InChI is InChI=1S/C16H14ClF3N2O4.C14H7ClF3NO5/c1-8(2)26-14(24)10-6-9(4-5-11(10)17)22-13(23)7-12(16(18,19)20)21(3)15(22)25;15-10-5-7(14(16,17)18)1-4-12(10)24-8-2-3-11(19(22)23)9(6-8)13(20)21/h4-8H,1-3H3;1-6H,(H,20,21). The van der Waals surface area contributed by atoms with Gasteiger partial charge in [-0.25, -0.2) is 19.0 Å². The van der Waals surface area contributed by atoms with Gasteiger partial charge in [-0.3, -0.25) is 19.5 Å². The lowest BCUT2D eigenvalue weighted by atomic mass is 10.1. The van der Waals surface area contributed by atoms with Crippen molar-refractivity contribution in [3.63, 3.8) is 0 Å². The Labute approximate surface area is 285 Å². The highest BCUT2D eigenvalue weighted by Crippen LogP contribution is 2.37. The average Bonchev–Trinajstić information content (AvgIpc) is 2.99. The van der Waals surface area contributed by atoms with Crippen LogP contribution in [0, 0.1) is 10.1 Å². The number of alkyl halides is 6. The zero-order chi connectivity index (χ0) is 37.9. The van der Waals surface area contributed by atoms with Crippen LogP contribution in [0.5, 0.6) is 11.5 Å². The number of ether oxygens (including phenoxy) is 2. The molecule has 1 aromatic heterocycles. The summed E-state index contributed by atoms with van der Waals surface area (Å²) in [5.74, 6) is -2.62. The first kappa shape index (κ1) is 39.1. The van der Waals surface area contributed by atoms with Gasteiger partial charge in [0.05, 0.1) is 37.9 Å². The highest BCUT2D eigenvalue weighted by molar-refractivity contribution is 6.33. The lowest BCUT2D eigenvalue weighted by molar-refractivity contribution is -0.385. The first-order chi connectivity index (χ1) is 23.0. The van der Waals surface area contributed by atoms with Crippen molar-refractivity contribution in [1.29, 1.82) is 0 Å². The molecule has 50 heavy (non-hydrogen) atoms. The fourth-order valence-corrected chi connectivity index (χ4v) is 4.43. The summed E-state index contributed by atoms with van der Waals surface area (Å²) in [7, 11) is 0.894. The smallest absolute Gasteiger partial charge is 0.431 e. The summed E-state index contributed by atoms with van der Waals surface area (Å²) in [5, 5.41) is 19.4. The number of nitro benzene ring substituents is 1. The molecule has 0 amide bonds. The van der Waals surface area contributed by atoms with Crippen LogP contribution in [0.25, 0.3) is 5.69 Å². The maximum absolute atomic E-state index is 12.9. The molecule has 3 aromatic carbocycles. The number of aromatic nitrogens is 2. The Bertz CT molecular complexity index is 2090. The highest BCUT2D eigenvalue weighted by Gasteiger charge is 2.35. The molecule has 0 bridgehead atoms. The van der Waals surface area contributed by atoms with Crippen molar-refractivity contribution in [3.05, 3.63) is 124 Å². The van der Waals surface area contributed by atoms with Crippen molar-refractivity contribution < 1.29 is 55.4 Å². The quantitative estimate of drug-likeness (QED) is 0.0871. The molecule has 0 spiro atoms. The Morgan fingerprint density at radius 1 is 0.880 bits per heavy atom. The molecule has 0 aliphatic carbocycles. The second kappa shape index (κ2) is 15.0. The highest BCUT2D eigenvalue weighted by atomic mass is 35.5. The fraction of sp³-hybridized carbons (Fsp3) is 0.200. The van der Waals surface area contributed by atoms with E-state index in [-0.39, 0.29) is 32.8 Å². The van der Waals surface area contributed by atoms with Crippen LogP contribution in [-0.4, -0.2) is 37.2 Å². The lowest BCUT2D eigenvalue weighted by Crippen LogP contribution is -2.40. The summed E-state index contributed by atoms with van der Waals surface area (Å²) in [4.78, 5) is 57.4. The van der Waals surface area contributed by atoms with E-state index in [0.717, 1.165) is 43.4 Å². The summed E-state index contributed by atoms with van der Waals surface area (Å²) in [6, 6.07) is 9.18. The molecule has 0 aliphatic rings. The molecule has 0 unspecified atom stereocenters. The van der Waals surface area contributed by atoms with Gasteiger partial charge in [0.2, 0.25) is 0 Å². The van der Waals surface area contributed by atoms with E-state index < -0.39 is 69.1 Å². The normalized spacial score (nSPS) is 11.4. The van der Waals surface area contributed by atoms with E-state index in [9.17, 15) is 55.6 Å². The van der Waals surface area contributed by atoms with Gasteiger partial charge in [-0.2, -0.15) is 26.3 Å². The van der Waals surface area contributed by atoms with Crippen molar-refractivity contribution >= 4 is 40.8 Å². The second-order valence-corrected chi connectivity index (χ2v) is 11.0. The van der Waals surface area contributed by atoms with Gasteiger partial charge in [-0.15, -0.1) is 0 Å². The minimum atomic E-state index is -4.86. The van der Waals surface area contributed by atoms with Gasteiger partial charge in [0.25, 0.3) is 11.2 Å². The van der Waals surface area contributed by atoms with E-state index in [4.69, 9.17) is 37.8 Å². The topological polar surface area (TPSA) is 160 Å². The lowest BCUT2D eigenvalue weighted by Gasteiger charge is -2.15. The number of nitrogens with zero attached hydrogens (tertiary/aromatic N) is 3. The molecular formula is C30H21Cl2F6N3O9. The van der Waals surface area contributed by atoms with Crippen LogP contribution in [0.15, 0.2) is 70.3 Å². The van der Waals surface area contributed by atoms with Crippen molar-refractivity contribution in [2.45, 2.75) is 32.3 Å². The molecule has 12 nitrogen and oxygen atoms in total. The fourth-order valence-electron chi connectivity index (χ4n) is 4.02. The van der Waals surface area contributed by atoms with E-state index in [1.807, 2.05) is 0 Å². The Kier molecular flexibility index (Phi) is 11.8. The van der Waals surface area contributed by atoms with Crippen LogP contribution in [0.4, 0.5) is 32.0 Å². The monoisotopic (exact) mass is 751 g/mol. The minimum absolute atomic E-state index is 0.0104. The predicted octanol–water partition coefficient (Wildman–Crippen LogP) is 7.53. The van der Waals surface area contributed by atoms with Crippen LogP contribution in [-0.2, 0) is 24.1 Å². The first-order valence-electron chi connectivity index (χ1n) is 13.5. The molecule has 266 valence electrons. The predicted molar refractivity (Wildman–Crippen MR) is 164 cm³/mol. The third-order valence-corrected chi connectivity index (χ3v) is 6.89. The van der Waals surface area contributed by atoms with Gasteiger partial charge in [-0.05, 0) is 56.3 Å². The van der Waals surface area contributed by atoms with Crippen molar-refractivity contribution in [2.75, 3.05) is 0 Å². The molecule has 4 rings (SSSR count). The van der Waals surface area contributed by atoms with Gasteiger partial charge in [0.1, 0.15) is 22.8 Å². The van der Waals surface area contributed by atoms with Crippen LogP contribution in [0.1, 0.15) is 45.8 Å². The second-order valence-electron chi connectivity index (χ2n) is 10.1. The molecule has 0 saturated heterocycles. The number of benzene rings is 3. The molecule has 0 radical (unpaired) electrons. The Balaban J connectivity index is 0.000000271. The summed E-state index contributed by atoms with van der Waals surface area (Å²) in [6.45, 7) is 3.23. The third kappa shape index (κ3) is 9.20. The molecule has 20 heteroatoms. The van der Waals surface area contributed by atoms with E-state index >= 15 is 0 Å². The average molecular weight is 752 g/mol. The van der Waals surface area contributed by atoms with Gasteiger partial charge in [-0.1, -0.05) is 23.2 Å². The number of halogens is 8. The molecular weight excluding hydrogens is 731 g/mol. The number of hydrogen-bond donors (Lipinski definition) is 1. The summed E-state index contributed by atoms with van der Waals surface area (Å²) in [6.07, 6.45) is -9.88. The summed E-state index contributed by atoms with van der Waals surface area (Å²) >= 11 is 11.7. The number of carbonyl (C=O) groups is 2. The van der Waals surface area contributed by atoms with Crippen molar-refractivity contribution in [2.24, 2.45) is 7.05 Å². The molecule has 0 fully saturated rings. The molecule has 4 aromatic rings. The van der Waals surface area contributed by atoms with E-state index in [1.165, 1.54) is 12.1 Å². The van der Waals surface area contributed by atoms with Crippen molar-refractivity contribution in [1.82, 2.24) is 9.13 Å². The summed E-state index contributed by atoms with van der Waals surface area (Å²) < 4.78 is 87.4. The number of hydrogen-bond acceptors (Lipinski definition) is 8. The summed E-state index contributed by atoms with van der Waals surface area (Å²) in [5.41, 5.74) is -6.25. The largest absolute Gasteiger partial charge is 0.477 e. The van der Waals surface area contributed by atoms with Gasteiger partial charge < -0.3 is 14.6 Å². The van der Waals surface area contributed by atoms with E-state index in [1.54, 1.807) is 13.8 Å². The Hall–Kier alpha value is -5.36. The number of carboxylic acid groups (broad SMARTS) is 1. The van der Waals surface area contributed by atoms with Gasteiger partial charge >= 0.3 is 30.0 Å². The van der Waals surface area contributed by atoms with Crippen LogP contribution < -0.4 is 16.0 Å². The minimum Gasteiger partial charge on any atom is -0.477 e. The van der Waals surface area contributed by atoms with Crippen molar-refractivity contribution in [3.8, 4) is 17.2 Å². The first-order valence-corrected chi connectivity index (χ1v) is 14.3. The molecule has 0 saturated carbocycles. The van der Waals surface area contributed by atoms with Gasteiger partial charge in [0.15, 0.2) is 0 Å². The zero-order valence-electron chi connectivity index (χ0n) is 25.4. The van der Waals surface area contributed by atoms with Crippen LogP contribution >= 0.6 is 23.2 Å². The molecule has 0 aliphatic heterocycles. The Morgan fingerprint density at radius 3 is 2.04 bits per heavy atom. The van der Waals surface area contributed by atoms with E-state index in [0.29, 0.717) is 21.3 Å². The van der Waals surface area contributed by atoms with Crippen LogP contribution in [0.3, 0.4) is 0 Å². The molecule has 1 heterocycles. The number of rotatable bonds is 7. The third-order valence-electron chi connectivity index (χ3n) is 6.26. The molecule has 1 N–H and O–H groups in total. The SMILES string of the molecule is CC(C)OC(=O)c1cc(-n2c(=O)cc(C(F)(F)F)n(C)c2=O)ccc1Cl.O=C(O)c1cc(Oc2ccc(C(F)(F)F)cc2Cl)ccc1[N+](=O)[O-]. The van der Waals surface area contributed by atoms with E-state index in [2.05, 4.69) is 0 Å². The van der Waals surface area contributed by atoms with Gasteiger partial charge in [0, 0.05) is 25.2 Å². The maximum Gasteiger partial charge on any atom is 0.431 e. The number of nitro groups is 1. The Morgan fingerprint density at radius 2 is 1.52 bits per heavy atom. The number of aromatic carboxylic acids is 1. The maximum atomic E-state index is 12.9. The molecule has 0 atom stereocenters. The number of esters is 1. The number of carbonyl (C=O) groups excluding carboxylic acids is 1.